The first kappa shape index (κ1) is 36.8. The van der Waals surface area contributed by atoms with Crippen LogP contribution in [0, 0.1) is 0 Å². The van der Waals surface area contributed by atoms with Crippen LogP contribution in [0.5, 0.6) is 0 Å². The summed E-state index contributed by atoms with van der Waals surface area (Å²) in [5.74, 6) is -1.50. The molecule has 0 spiro atoms. The van der Waals surface area contributed by atoms with Crippen LogP contribution < -0.4 is 16.0 Å². The molecule has 0 aliphatic carbocycles. The Morgan fingerprint density at radius 3 is 1.94 bits per heavy atom. The third-order valence-electron chi connectivity index (χ3n) is 7.82. The number of piperidine rings is 2. The number of carbonyl (C=O) groups is 4. The fourth-order valence-corrected chi connectivity index (χ4v) is 5.39. The molecule has 2 fully saturated rings. The highest BCUT2D eigenvalue weighted by atomic mass is 16.6. The largest absolute Gasteiger partial charge is 0.377 e. The number of nitrogens with zero attached hydrogens (tertiary/aromatic N) is 1. The summed E-state index contributed by atoms with van der Waals surface area (Å²) in [6.07, 6.45) is 2.91. The van der Waals surface area contributed by atoms with Gasteiger partial charge in [0.1, 0.15) is 12.6 Å². The number of anilines is 1. The maximum absolute atomic E-state index is 12.9. The molecule has 1 aromatic rings. The predicted octanol–water partition coefficient (Wildman–Crippen LogP) is 0.254. The van der Waals surface area contributed by atoms with Crippen LogP contribution in [-0.4, -0.2) is 140 Å². The Hall–Kier alpha value is -3.02. The van der Waals surface area contributed by atoms with Crippen molar-refractivity contribution in [2.75, 3.05) is 104 Å². The molecule has 0 radical (unpaired) electrons. The minimum Gasteiger partial charge on any atom is -0.377 e. The molecule has 15 heteroatoms. The molecule has 4 rings (SSSR count). The van der Waals surface area contributed by atoms with Crippen molar-refractivity contribution in [1.29, 1.82) is 0 Å². The first-order valence-corrected chi connectivity index (χ1v) is 16.4. The minimum absolute atomic E-state index is 0.167. The fourth-order valence-electron chi connectivity index (χ4n) is 5.39. The molecule has 262 valence electrons. The van der Waals surface area contributed by atoms with Crippen LogP contribution >= 0.6 is 0 Å². The van der Waals surface area contributed by atoms with Gasteiger partial charge in [0.05, 0.1) is 85.4 Å². The zero-order valence-corrected chi connectivity index (χ0v) is 27.0. The first-order chi connectivity index (χ1) is 23.0. The van der Waals surface area contributed by atoms with Gasteiger partial charge in [0, 0.05) is 29.8 Å². The monoisotopic (exact) mass is 664 g/mol. The Morgan fingerprint density at radius 1 is 0.766 bits per heavy atom. The van der Waals surface area contributed by atoms with Crippen molar-refractivity contribution in [3.63, 3.8) is 0 Å². The van der Waals surface area contributed by atoms with Gasteiger partial charge in [0.25, 0.3) is 5.91 Å². The number of amides is 4. The van der Waals surface area contributed by atoms with Crippen LogP contribution in [0.1, 0.15) is 41.6 Å². The van der Waals surface area contributed by atoms with Gasteiger partial charge in [-0.15, -0.1) is 0 Å². The maximum Gasteiger partial charge on any atom is 0.255 e. The van der Waals surface area contributed by atoms with Gasteiger partial charge in [-0.3, -0.25) is 24.5 Å². The van der Waals surface area contributed by atoms with Crippen molar-refractivity contribution in [2.24, 2.45) is 0 Å². The Morgan fingerprint density at radius 2 is 1.34 bits per heavy atom. The molecule has 0 bridgehead atoms. The molecule has 1 aromatic carbocycles. The van der Waals surface area contributed by atoms with E-state index in [4.69, 9.17) is 33.2 Å². The fraction of sp³-hybridized carbons (Fsp3) is 0.688. The van der Waals surface area contributed by atoms with Crippen molar-refractivity contribution in [3.8, 4) is 0 Å². The zero-order chi connectivity index (χ0) is 33.1. The third kappa shape index (κ3) is 12.8. The van der Waals surface area contributed by atoms with E-state index in [2.05, 4.69) is 16.0 Å². The minimum atomic E-state index is -0.722. The van der Waals surface area contributed by atoms with Gasteiger partial charge in [-0.25, -0.2) is 0 Å². The van der Waals surface area contributed by atoms with Gasteiger partial charge >= 0.3 is 0 Å². The molecule has 1 atom stereocenters. The van der Waals surface area contributed by atoms with Gasteiger partial charge in [0.15, 0.2) is 0 Å². The lowest BCUT2D eigenvalue weighted by Gasteiger charge is -2.29. The van der Waals surface area contributed by atoms with E-state index in [1.807, 2.05) is 0 Å². The van der Waals surface area contributed by atoms with Crippen molar-refractivity contribution >= 4 is 29.3 Å². The van der Waals surface area contributed by atoms with Gasteiger partial charge in [0.2, 0.25) is 17.7 Å². The summed E-state index contributed by atoms with van der Waals surface area (Å²) in [4.78, 5) is 50.6. The van der Waals surface area contributed by atoms with Crippen LogP contribution in [0.15, 0.2) is 18.2 Å². The molecule has 4 amide bonds. The third-order valence-corrected chi connectivity index (χ3v) is 7.82. The predicted molar refractivity (Wildman–Crippen MR) is 168 cm³/mol. The van der Waals surface area contributed by atoms with E-state index in [1.165, 1.54) is 4.90 Å². The quantitative estimate of drug-likeness (QED) is 0.108. The Bertz CT molecular complexity index is 1150. The van der Waals surface area contributed by atoms with E-state index in [9.17, 15) is 19.2 Å². The highest BCUT2D eigenvalue weighted by Crippen LogP contribution is 2.32. The normalized spacial score (nSPS) is 18.4. The molecule has 3 aliphatic rings. The van der Waals surface area contributed by atoms with Crippen LogP contribution in [-0.2, 0) is 54.1 Å². The number of imide groups is 1. The Kier molecular flexibility index (Phi) is 16.5. The van der Waals surface area contributed by atoms with E-state index in [1.54, 1.807) is 18.2 Å². The molecule has 0 saturated carbocycles. The molecule has 1 unspecified atom stereocenters. The average Bonchev–Trinajstić information content (AvgIpc) is 3.41. The van der Waals surface area contributed by atoms with Crippen LogP contribution in [0.2, 0.25) is 0 Å². The summed E-state index contributed by atoms with van der Waals surface area (Å²) in [5, 5.41) is 8.38. The molecule has 3 N–H and O–H groups in total. The lowest BCUT2D eigenvalue weighted by molar-refractivity contribution is -0.137. The number of hydrogen-bond acceptors (Lipinski definition) is 12. The lowest BCUT2D eigenvalue weighted by Crippen LogP contribution is -2.52. The molecular weight excluding hydrogens is 616 g/mol. The molecule has 0 aromatic heterocycles. The van der Waals surface area contributed by atoms with E-state index in [0.29, 0.717) is 95.6 Å². The zero-order valence-electron chi connectivity index (χ0n) is 27.0. The van der Waals surface area contributed by atoms with Crippen LogP contribution in [0.4, 0.5) is 5.69 Å². The number of rotatable bonds is 23. The van der Waals surface area contributed by atoms with E-state index >= 15 is 0 Å². The van der Waals surface area contributed by atoms with E-state index in [-0.39, 0.29) is 50.3 Å². The van der Waals surface area contributed by atoms with Crippen molar-refractivity contribution in [2.45, 2.75) is 44.4 Å². The standard InChI is InChI=1S/C32H48N4O11/c37-29-5-4-28(31(39)35-29)36-22-26-25(32(36)40)2-1-3-27(26)34-30(38)23-46-19-18-44-15-14-42-11-10-41-12-13-43-16-17-45-20-21-47-24-6-8-33-9-7-24/h1-3,24,28,33H,4-23H2,(H,34,38)(H,35,37,39). The molecule has 3 heterocycles. The Balaban J connectivity index is 0.922. The highest BCUT2D eigenvalue weighted by molar-refractivity contribution is 6.06. The number of fused-ring (bicyclic) bond motifs is 1. The second-order valence-corrected chi connectivity index (χ2v) is 11.2. The Labute approximate surface area is 275 Å². The smallest absolute Gasteiger partial charge is 0.255 e. The summed E-state index contributed by atoms with van der Waals surface area (Å²) < 4.78 is 38.6. The topological polar surface area (TPSA) is 172 Å². The number of carbonyl (C=O) groups excluding carboxylic acids is 4. The molecule has 2 saturated heterocycles. The summed E-state index contributed by atoms with van der Waals surface area (Å²) in [6, 6.07) is 4.31. The lowest BCUT2D eigenvalue weighted by atomic mass is 10.0. The summed E-state index contributed by atoms with van der Waals surface area (Å²) in [7, 11) is 0. The number of nitrogens with one attached hydrogen (secondary N) is 3. The number of benzene rings is 1. The number of ether oxygens (including phenoxy) is 7. The van der Waals surface area contributed by atoms with Crippen LogP contribution in [0.25, 0.3) is 0 Å². The van der Waals surface area contributed by atoms with Gasteiger partial charge < -0.3 is 48.7 Å². The van der Waals surface area contributed by atoms with Gasteiger partial charge in [-0.2, -0.15) is 0 Å². The molecule has 47 heavy (non-hydrogen) atoms. The maximum atomic E-state index is 12.9. The summed E-state index contributed by atoms with van der Waals surface area (Å²) in [6.45, 7) is 7.46. The second-order valence-electron chi connectivity index (χ2n) is 11.2. The average molecular weight is 665 g/mol. The molecule has 3 aliphatic heterocycles. The van der Waals surface area contributed by atoms with Crippen molar-refractivity contribution < 1.29 is 52.3 Å². The van der Waals surface area contributed by atoms with Crippen molar-refractivity contribution in [3.05, 3.63) is 29.3 Å². The molecule has 15 nitrogen and oxygen atoms in total. The second kappa shape index (κ2) is 21.1. The van der Waals surface area contributed by atoms with E-state index in [0.717, 1.165) is 25.9 Å². The van der Waals surface area contributed by atoms with E-state index < -0.39 is 11.9 Å². The highest BCUT2D eigenvalue weighted by Gasteiger charge is 2.40. The number of hydrogen-bond donors (Lipinski definition) is 3. The first-order valence-electron chi connectivity index (χ1n) is 16.4. The van der Waals surface area contributed by atoms with Gasteiger partial charge in [-0.05, 0) is 44.5 Å². The van der Waals surface area contributed by atoms with Crippen molar-refractivity contribution in [1.82, 2.24) is 15.5 Å². The SMILES string of the molecule is O=C1CCC(N2Cc3c(NC(=O)COCCOCCOCCOCCOCCOCCOC4CCNCC4)cccc3C2=O)C(=O)N1. The molecular formula is C32H48N4O11. The summed E-state index contributed by atoms with van der Waals surface area (Å²) >= 11 is 0. The summed E-state index contributed by atoms with van der Waals surface area (Å²) in [5.41, 5.74) is 1.54. The van der Waals surface area contributed by atoms with Gasteiger partial charge in [-0.1, -0.05) is 6.07 Å². The van der Waals surface area contributed by atoms with Crippen LogP contribution in [0.3, 0.4) is 0 Å².